The number of carbonyl (C=O) groups excluding carboxylic acids is 1. The van der Waals surface area contributed by atoms with Gasteiger partial charge in [-0.1, -0.05) is 30.8 Å². The van der Waals surface area contributed by atoms with Gasteiger partial charge in [-0.05, 0) is 30.9 Å². The molecule has 6 nitrogen and oxygen atoms in total. The third-order valence-corrected chi connectivity index (χ3v) is 4.41. The van der Waals surface area contributed by atoms with Gasteiger partial charge in [-0.15, -0.1) is 11.8 Å². The summed E-state index contributed by atoms with van der Waals surface area (Å²) in [4.78, 5) is 20.5. The number of aryl methyl sites for hydroxylation is 1. The maximum Gasteiger partial charge on any atom is 0.250 e. The molecule has 2 rings (SSSR count). The van der Waals surface area contributed by atoms with Crippen molar-refractivity contribution < 1.29 is 9.90 Å². The molecule has 0 saturated carbocycles. The van der Waals surface area contributed by atoms with E-state index in [2.05, 4.69) is 27.4 Å². The van der Waals surface area contributed by atoms with E-state index in [4.69, 9.17) is 0 Å². The number of aromatic nitrogens is 2. The lowest BCUT2D eigenvalue weighted by Crippen LogP contribution is -2.19. The highest BCUT2D eigenvalue weighted by atomic mass is 32.2. The molecule has 0 spiro atoms. The summed E-state index contributed by atoms with van der Waals surface area (Å²) >= 11 is 2.90. The molecule has 2 aromatic rings. The quantitative estimate of drug-likeness (QED) is 0.259. The van der Waals surface area contributed by atoms with E-state index < -0.39 is 0 Å². The molecule has 1 aromatic carbocycles. The lowest BCUT2D eigenvalue weighted by atomic mass is 10.2. The maximum atomic E-state index is 11.8. The Hall–Kier alpha value is -2.06. The van der Waals surface area contributed by atoms with Gasteiger partial charge in [-0.25, -0.2) is 15.4 Å². The topological polar surface area (TPSA) is 87.5 Å². The molecular weight excluding hydrogens is 344 g/mol. The van der Waals surface area contributed by atoms with Crippen molar-refractivity contribution in [3.8, 4) is 5.75 Å². The van der Waals surface area contributed by atoms with Crippen LogP contribution >= 0.6 is 23.5 Å². The summed E-state index contributed by atoms with van der Waals surface area (Å²) in [6, 6.07) is 8.68. The van der Waals surface area contributed by atoms with Crippen molar-refractivity contribution in [1.82, 2.24) is 15.4 Å². The molecular formula is C16H18N4O2S2. The highest BCUT2D eigenvalue weighted by Crippen LogP contribution is 2.20. The Morgan fingerprint density at radius 3 is 2.88 bits per heavy atom. The Balaban J connectivity index is 1.86. The zero-order chi connectivity index (χ0) is 17.4. The van der Waals surface area contributed by atoms with Crippen LogP contribution in [0.5, 0.6) is 5.75 Å². The molecule has 8 heteroatoms. The Kier molecular flexibility index (Phi) is 7.07. The van der Waals surface area contributed by atoms with Gasteiger partial charge in [-0.3, -0.25) is 4.79 Å². The summed E-state index contributed by atoms with van der Waals surface area (Å²) in [6.07, 6.45) is 1.40. The van der Waals surface area contributed by atoms with Crippen molar-refractivity contribution in [2.75, 3.05) is 11.5 Å². The summed E-state index contributed by atoms with van der Waals surface area (Å²) < 4.78 is 0. The number of benzene rings is 1. The van der Waals surface area contributed by atoms with Crippen LogP contribution in [-0.2, 0) is 4.79 Å². The molecule has 1 amide bonds. The Morgan fingerprint density at radius 1 is 1.33 bits per heavy atom. The summed E-state index contributed by atoms with van der Waals surface area (Å²) in [5, 5.41) is 14.9. The van der Waals surface area contributed by atoms with Crippen molar-refractivity contribution in [2.24, 2.45) is 5.10 Å². The lowest BCUT2D eigenvalue weighted by Gasteiger charge is -2.04. The maximum absolute atomic E-state index is 11.8. The average molecular weight is 362 g/mol. The standard InChI is InChI=1S/C16H18N4O2S2/c1-3-23-15-8-11(2)18-16(19-15)24-10-14(22)20-17-9-12-6-4-5-7-13(12)21/h4-9,21H,3,10H2,1-2H3,(H,20,22)/b17-9+. The second-order valence-electron chi connectivity index (χ2n) is 4.70. The number of thioether (sulfide) groups is 2. The van der Waals surface area contributed by atoms with E-state index in [1.54, 1.807) is 36.0 Å². The first kappa shape index (κ1) is 18.3. The normalized spacial score (nSPS) is 10.9. The molecule has 0 fully saturated rings. The van der Waals surface area contributed by atoms with Crippen LogP contribution in [0.25, 0.3) is 0 Å². The fraction of sp³-hybridized carbons (Fsp3) is 0.250. The van der Waals surface area contributed by atoms with Crippen LogP contribution in [0.3, 0.4) is 0 Å². The molecule has 0 radical (unpaired) electrons. The van der Waals surface area contributed by atoms with Crippen molar-refractivity contribution in [1.29, 1.82) is 0 Å². The fourth-order valence-electron chi connectivity index (χ4n) is 1.73. The van der Waals surface area contributed by atoms with E-state index in [-0.39, 0.29) is 17.4 Å². The van der Waals surface area contributed by atoms with Crippen molar-refractivity contribution in [3.05, 3.63) is 41.6 Å². The minimum Gasteiger partial charge on any atom is -0.507 e. The molecule has 0 unspecified atom stereocenters. The molecule has 0 atom stereocenters. The van der Waals surface area contributed by atoms with Crippen LogP contribution in [0, 0.1) is 6.92 Å². The molecule has 2 N–H and O–H groups in total. The molecule has 1 heterocycles. The highest BCUT2D eigenvalue weighted by Gasteiger charge is 2.07. The lowest BCUT2D eigenvalue weighted by molar-refractivity contribution is -0.118. The molecule has 24 heavy (non-hydrogen) atoms. The first-order valence-corrected chi connectivity index (χ1v) is 9.26. The minimum atomic E-state index is -0.263. The van der Waals surface area contributed by atoms with Crippen molar-refractivity contribution >= 4 is 35.6 Å². The van der Waals surface area contributed by atoms with Crippen molar-refractivity contribution in [2.45, 2.75) is 24.0 Å². The number of hydrogen-bond acceptors (Lipinski definition) is 7. The number of phenols is 1. The summed E-state index contributed by atoms with van der Waals surface area (Å²) in [6.45, 7) is 3.97. The number of phenolic OH excluding ortho intramolecular Hbond substituents is 1. The third-order valence-electron chi connectivity index (χ3n) is 2.76. The molecule has 1 aromatic heterocycles. The van der Waals surface area contributed by atoms with Gasteiger partial charge in [-0.2, -0.15) is 5.10 Å². The number of hydrazone groups is 1. The zero-order valence-corrected chi connectivity index (χ0v) is 15.0. The predicted molar refractivity (Wildman–Crippen MR) is 97.7 cm³/mol. The van der Waals surface area contributed by atoms with Gasteiger partial charge in [0.1, 0.15) is 10.8 Å². The van der Waals surface area contributed by atoms with Gasteiger partial charge in [0.2, 0.25) is 0 Å². The second kappa shape index (κ2) is 9.29. The zero-order valence-electron chi connectivity index (χ0n) is 13.4. The number of hydrogen-bond donors (Lipinski definition) is 2. The highest BCUT2D eigenvalue weighted by molar-refractivity contribution is 8.00. The number of amides is 1. The van der Waals surface area contributed by atoms with E-state index in [0.29, 0.717) is 10.7 Å². The summed E-state index contributed by atoms with van der Waals surface area (Å²) in [5.41, 5.74) is 3.83. The largest absolute Gasteiger partial charge is 0.507 e. The number of para-hydroxylation sites is 1. The summed E-state index contributed by atoms with van der Waals surface area (Å²) in [5.74, 6) is 0.945. The van der Waals surface area contributed by atoms with Gasteiger partial charge >= 0.3 is 0 Å². The smallest absolute Gasteiger partial charge is 0.250 e. The van der Waals surface area contributed by atoms with Crippen LogP contribution in [0.15, 0.2) is 45.6 Å². The summed E-state index contributed by atoms with van der Waals surface area (Å²) in [7, 11) is 0. The second-order valence-corrected chi connectivity index (χ2v) is 6.93. The van der Waals surface area contributed by atoms with E-state index in [1.165, 1.54) is 18.0 Å². The third kappa shape index (κ3) is 5.86. The van der Waals surface area contributed by atoms with Gasteiger partial charge in [0, 0.05) is 11.3 Å². The monoisotopic (exact) mass is 362 g/mol. The Bertz CT molecular complexity index is 738. The molecule has 0 aliphatic rings. The molecule has 0 saturated heterocycles. The average Bonchev–Trinajstić information content (AvgIpc) is 2.55. The van der Waals surface area contributed by atoms with Crippen LogP contribution in [0.1, 0.15) is 18.2 Å². The van der Waals surface area contributed by atoms with E-state index in [0.717, 1.165) is 16.5 Å². The number of nitrogens with zero attached hydrogens (tertiary/aromatic N) is 3. The van der Waals surface area contributed by atoms with Crippen molar-refractivity contribution in [3.63, 3.8) is 0 Å². The van der Waals surface area contributed by atoms with Crippen LogP contribution in [0.2, 0.25) is 0 Å². The number of aromatic hydroxyl groups is 1. The van der Waals surface area contributed by atoms with E-state index >= 15 is 0 Å². The molecule has 126 valence electrons. The molecule has 0 aliphatic carbocycles. The van der Waals surface area contributed by atoms with Crippen LogP contribution in [0.4, 0.5) is 0 Å². The van der Waals surface area contributed by atoms with Gasteiger partial charge < -0.3 is 5.11 Å². The molecule has 0 bridgehead atoms. The van der Waals surface area contributed by atoms with E-state index in [1.807, 2.05) is 13.0 Å². The Morgan fingerprint density at radius 2 is 2.12 bits per heavy atom. The minimum absolute atomic E-state index is 0.110. The SMILES string of the molecule is CCSc1cc(C)nc(SCC(=O)N/N=C/c2ccccc2O)n1. The number of carbonyl (C=O) groups is 1. The van der Waals surface area contributed by atoms with Gasteiger partial charge in [0.05, 0.1) is 12.0 Å². The van der Waals surface area contributed by atoms with Gasteiger partial charge in [0.25, 0.3) is 5.91 Å². The number of rotatable bonds is 7. The van der Waals surface area contributed by atoms with Crippen LogP contribution in [-0.4, -0.2) is 38.7 Å². The van der Waals surface area contributed by atoms with E-state index in [9.17, 15) is 9.90 Å². The Labute approximate surface area is 149 Å². The predicted octanol–water partition coefficient (Wildman–Crippen LogP) is 2.85. The van der Waals surface area contributed by atoms with Gasteiger partial charge in [0.15, 0.2) is 5.16 Å². The molecule has 0 aliphatic heterocycles. The first-order valence-electron chi connectivity index (χ1n) is 7.29. The first-order chi connectivity index (χ1) is 11.6. The fourth-order valence-corrected chi connectivity index (χ4v) is 3.19. The number of nitrogens with one attached hydrogen (secondary N) is 1. The van der Waals surface area contributed by atoms with Crippen LogP contribution < -0.4 is 5.43 Å².